The number of nitrogens with zero attached hydrogens (tertiary/aromatic N) is 2. The molecule has 1 unspecified atom stereocenters. The van der Waals surface area contributed by atoms with Crippen LogP contribution in [0.3, 0.4) is 0 Å². The fourth-order valence-electron chi connectivity index (χ4n) is 4.76. The van der Waals surface area contributed by atoms with Gasteiger partial charge < -0.3 is 5.32 Å². The van der Waals surface area contributed by atoms with Crippen LogP contribution >= 0.6 is 11.3 Å². The van der Waals surface area contributed by atoms with Crippen LogP contribution in [0, 0.1) is 5.92 Å². The zero-order valence-electron chi connectivity index (χ0n) is 18.0. The number of likely N-dealkylation sites (tertiary alicyclic amines) is 1. The summed E-state index contributed by atoms with van der Waals surface area (Å²) in [7, 11) is -3.74. The average molecular weight is 470 g/mol. The van der Waals surface area contributed by atoms with Gasteiger partial charge in [0.05, 0.1) is 16.6 Å². The quantitative estimate of drug-likeness (QED) is 0.593. The van der Waals surface area contributed by atoms with Gasteiger partial charge in [0.25, 0.3) is 10.0 Å². The third-order valence-electron chi connectivity index (χ3n) is 6.59. The first-order chi connectivity index (χ1) is 15.4. The van der Waals surface area contributed by atoms with E-state index in [9.17, 15) is 13.2 Å². The molecule has 1 N–H and O–H groups in total. The number of hydrogen-bond acceptors (Lipinski definition) is 5. The maximum absolute atomic E-state index is 13.1. The van der Waals surface area contributed by atoms with Gasteiger partial charge in [-0.2, -0.15) is 0 Å². The predicted octanol–water partition coefficient (Wildman–Crippen LogP) is 4.00. The van der Waals surface area contributed by atoms with Crippen molar-refractivity contribution in [1.82, 2.24) is 10.2 Å². The first-order valence-corrected chi connectivity index (χ1v) is 13.4. The Kier molecular flexibility index (Phi) is 5.69. The molecular weight excluding hydrogens is 442 g/mol. The molecule has 32 heavy (non-hydrogen) atoms. The maximum Gasteiger partial charge on any atom is 0.265 e. The number of carbonyl (C=O) groups is 1. The lowest BCUT2D eigenvalue weighted by Gasteiger charge is -2.36. The molecule has 5 rings (SSSR count). The highest BCUT2D eigenvalue weighted by molar-refractivity contribution is 7.93. The van der Waals surface area contributed by atoms with Crippen LogP contribution in [0.1, 0.15) is 30.7 Å². The normalized spacial score (nSPS) is 19.3. The Morgan fingerprint density at radius 2 is 1.88 bits per heavy atom. The van der Waals surface area contributed by atoms with E-state index in [0.29, 0.717) is 17.6 Å². The zero-order chi connectivity index (χ0) is 22.3. The van der Waals surface area contributed by atoms with Gasteiger partial charge in [-0.05, 0) is 60.8 Å². The van der Waals surface area contributed by atoms with E-state index >= 15 is 0 Å². The third-order valence-corrected chi connectivity index (χ3v) is 9.37. The molecule has 2 aromatic carbocycles. The fraction of sp³-hybridized carbons (Fsp3) is 0.375. The summed E-state index contributed by atoms with van der Waals surface area (Å²) in [6.45, 7) is 4.56. The number of anilines is 1. The average Bonchev–Trinajstić information content (AvgIpc) is 3.39. The monoisotopic (exact) mass is 469 g/mol. The fourth-order valence-corrected chi connectivity index (χ4v) is 7.28. The second-order valence-corrected chi connectivity index (χ2v) is 11.5. The molecule has 8 heteroatoms. The molecule has 1 saturated heterocycles. The molecule has 0 saturated carbocycles. The smallest absolute Gasteiger partial charge is 0.265 e. The van der Waals surface area contributed by atoms with Gasteiger partial charge in [-0.15, -0.1) is 11.3 Å². The summed E-state index contributed by atoms with van der Waals surface area (Å²) < 4.78 is 27.5. The highest BCUT2D eigenvalue weighted by Gasteiger charge is 2.36. The van der Waals surface area contributed by atoms with Crippen molar-refractivity contribution in [2.45, 2.75) is 30.7 Å². The molecule has 1 fully saturated rings. The first-order valence-electron chi connectivity index (χ1n) is 11.0. The molecule has 6 nitrogen and oxygen atoms in total. The van der Waals surface area contributed by atoms with Crippen molar-refractivity contribution in [2.75, 3.05) is 30.5 Å². The molecule has 0 spiro atoms. The van der Waals surface area contributed by atoms with Gasteiger partial charge in [-0.25, -0.2) is 8.42 Å². The topological polar surface area (TPSA) is 69.7 Å². The Bertz CT molecular complexity index is 1230. The van der Waals surface area contributed by atoms with E-state index in [-0.39, 0.29) is 23.4 Å². The van der Waals surface area contributed by atoms with Gasteiger partial charge in [0.15, 0.2) is 0 Å². The second kappa shape index (κ2) is 8.50. The Morgan fingerprint density at radius 1 is 1.12 bits per heavy atom. The van der Waals surface area contributed by atoms with Crippen molar-refractivity contribution in [1.29, 1.82) is 0 Å². The summed E-state index contributed by atoms with van der Waals surface area (Å²) in [5, 5.41) is 6.64. The number of thiophene rings is 1. The van der Waals surface area contributed by atoms with Gasteiger partial charge >= 0.3 is 0 Å². The first kappa shape index (κ1) is 21.4. The number of sulfonamides is 1. The largest absolute Gasteiger partial charge is 0.353 e. The summed E-state index contributed by atoms with van der Waals surface area (Å²) in [6.07, 6.45) is 2.31. The van der Waals surface area contributed by atoms with Gasteiger partial charge in [0.1, 0.15) is 6.54 Å². The van der Waals surface area contributed by atoms with Crippen LogP contribution in [0.5, 0.6) is 0 Å². The highest BCUT2D eigenvalue weighted by atomic mass is 32.2. The van der Waals surface area contributed by atoms with E-state index in [4.69, 9.17) is 0 Å². The summed E-state index contributed by atoms with van der Waals surface area (Å²) in [5.41, 5.74) is 0.577. The van der Waals surface area contributed by atoms with Crippen molar-refractivity contribution in [3.63, 3.8) is 0 Å². The minimum Gasteiger partial charge on any atom is -0.353 e. The van der Waals surface area contributed by atoms with E-state index in [1.807, 2.05) is 24.3 Å². The molecule has 2 aliphatic heterocycles. The molecule has 1 atom stereocenters. The predicted molar refractivity (Wildman–Crippen MR) is 129 cm³/mol. The second-order valence-electron chi connectivity index (χ2n) is 8.70. The molecule has 0 radical (unpaired) electrons. The summed E-state index contributed by atoms with van der Waals surface area (Å²) >= 11 is 1.70. The minimum atomic E-state index is -3.74. The number of nitrogens with one attached hydrogen (secondary N) is 1. The lowest BCUT2D eigenvalue weighted by atomic mass is 9.97. The van der Waals surface area contributed by atoms with Crippen molar-refractivity contribution in [3.8, 4) is 0 Å². The molecule has 1 amide bonds. The van der Waals surface area contributed by atoms with E-state index in [1.165, 1.54) is 9.18 Å². The van der Waals surface area contributed by atoms with E-state index in [0.717, 1.165) is 37.2 Å². The Hall–Kier alpha value is -2.42. The van der Waals surface area contributed by atoms with Gasteiger partial charge in [0, 0.05) is 16.8 Å². The molecule has 0 aliphatic carbocycles. The maximum atomic E-state index is 13.1. The number of carbonyl (C=O) groups excluding carboxylic acids is 1. The number of hydrogen-bond donors (Lipinski definition) is 1. The van der Waals surface area contributed by atoms with Crippen LogP contribution in [0.25, 0.3) is 10.8 Å². The molecular formula is C24H27N3O3S2. The van der Waals surface area contributed by atoms with Crippen molar-refractivity contribution in [3.05, 3.63) is 58.8 Å². The number of rotatable bonds is 6. The molecule has 1 aromatic heterocycles. The summed E-state index contributed by atoms with van der Waals surface area (Å²) in [5.74, 6) is 0.444. The lowest BCUT2D eigenvalue weighted by molar-refractivity contribution is -0.119. The SMILES string of the molecule is CC1CCN(C(CNC(=O)CN2c3cccc4cccc(c34)S2(=O)=O)c2cccs2)CC1. The van der Waals surface area contributed by atoms with Crippen LogP contribution in [-0.4, -0.2) is 45.4 Å². The lowest BCUT2D eigenvalue weighted by Crippen LogP contribution is -2.44. The number of amides is 1. The molecule has 0 bridgehead atoms. The van der Waals surface area contributed by atoms with Crippen molar-refractivity contribution in [2.24, 2.45) is 5.92 Å². The zero-order valence-corrected chi connectivity index (χ0v) is 19.7. The molecule has 168 valence electrons. The Morgan fingerprint density at radius 3 is 2.59 bits per heavy atom. The molecule has 2 aliphatic rings. The molecule has 3 heterocycles. The summed E-state index contributed by atoms with van der Waals surface area (Å²) in [6, 6.07) is 15.0. The van der Waals surface area contributed by atoms with Crippen LogP contribution in [-0.2, 0) is 14.8 Å². The number of benzene rings is 2. The van der Waals surface area contributed by atoms with Crippen molar-refractivity contribution >= 4 is 43.7 Å². The minimum absolute atomic E-state index is 0.113. The van der Waals surface area contributed by atoms with E-state index < -0.39 is 10.0 Å². The van der Waals surface area contributed by atoms with Gasteiger partial charge in [0.2, 0.25) is 5.91 Å². The summed E-state index contributed by atoms with van der Waals surface area (Å²) in [4.78, 5) is 16.9. The van der Waals surface area contributed by atoms with E-state index in [2.05, 4.69) is 28.6 Å². The highest BCUT2D eigenvalue weighted by Crippen LogP contribution is 2.41. The van der Waals surface area contributed by atoms with Crippen LogP contribution < -0.4 is 9.62 Å². The van der Waals surface area contributed by atoms with Gasteiger partial charge in [-0.1, -0.05) is 37.3 Å². The van der Waals surface area contributed by atoms with Crippen molar-refractivity contribution < 1.29 is 13.2 Å². The van der Waals surface area contributed by atoms with Crippen LogP contribution in [0.15, 0.2) is 58.8 Å². The Balaban J connectivity index is 1.32. The third kappa shape index (κ3) is 3.80. The van der Waals surface area contributed by atoms with Crippen LogP contribution in [0.2, 0.25) is 0 Å². The van der Waals surface area contributed by atoms with Crippen LogP contribution in [0.4, 0.5) is 5.69 Å². The van der Waals surface area contributed by atoms with E-state index in [1.54, 1.807) is 29.5 Å². The Labute approximate surface area is 192 Å². The van der Waals surface area contributed by atoms with Gasteiger partial charge in [-0.3, -0.25) is 14.0 Å². The molecule has 3 aromatic rings. The standard InChI is InChI=1S/C24H27N3O3S2/c1-17-10-12-26(13-11-17)20(21-8-4-14-31-21)15-25-23(28)16-27-19-7-2-5-18-6-3-9-22(24(18)19)32(27,29)30/h2-9,14,17,20H,10-13,15-16H2,1H3,(H,25,28). The number of piperidine rings is 1.